The Bertz CT molecular complexity index is 710. The third kappa shape index (κ3) is 3.99. The summed E-state index contributed by atoms with van der Waals surface area (Å²) in [4.78, 5) is 0. The van der Waals surface area contributed by atoms with Crippen molar-refractivity contribution in [2.24, 2.45) is 0 Å². The van der Waals surface area contributed by atoms with Crippen LogP contribution >= 0.6 is 0 Å². The molecule has 0 spiro atoms. The molecule has 0 amide bonds. The van der Waals surface area contributed by atoms with Gasteiger partial charge in [0.25, 0.3) is 0 Å². The maximum atomic E-state index is 13.5. The Morgan fingerprint density at radius 2 is 2.00 bits per heavy atom. The van der Waals surface area contributed by atoms with Crippen LogP contribution in [-0.4, -0.2) is 14.7 Å². The summed E-state index contributed by atoms with van der Waals surface area (Å²) in [6, 6.07) is 7.80. The average Bonchev–Trinajstić information content (AvgIpc) is 2.74. The molecule has 0 bridgehead atoms. The number of halogens is 1. The number of hydrogen-bond donors (Lipinski definition) is 2. The maximum Gasteiger partial charge on any atom is 0.229 e. The molecule has 1 heterocycles. The summed E-state index contributed by atoms with van der Waals surface area (Å²) in [6.07, 6.45) is 0.970. The van der Waals surface area contributed by atoms with Crippen molar-refractivity contribution in [2.75, 3.05) is 16.3 Å². The first-order valence-corrected chi connectivity index (χ1v) is 7.79. The van der Waals surface area contributed by atoms with E-state index in [2.05, 4.69) is 10.0 Å². The van der Waals surface area contributed by atoms with Gasteiger partial charge in [0.05, 0.1) is 18.5 Å². The molecule has 7 heteroatoms. The lowest BCUT2D eigenvalue weighted by molar-refractivity contribution is 0.490. The van der Waals surface area contributed by atoms with Gasteiger partial charge in [-0.2, -0.15) is 0 Å². The first kappa shape index (κ1) is 14.4. The second kappa shape index (κ2) is 5.54. The average molecular weight is 298 g/mol. The second-order valence-electron chi connectivity index (χ2n) is 4.43. The van der Waals surface area contributed by atoms with Gasteiger partial charge in [0.1, 0.15) is 17.3 Å². The fraction of sp³-hybridized carbons (Fsp3) is 0.231. The molecular weight excluding hydrogens is 283 g/mol. The Labute approximate surface area is 116 Å². The molecule has 2 aromatic rings. The molecular formula is C13H15FN2O3S. The monoisotopic (exact) mass is 298 g/mol. The predicted molar refractivity (Wildman–Crippen MR) is 75.6 cm³/mol. The highest BCUT2D eigenvalue weighted by molar-refractivity contribution is 7.92. The number of sulfonamides is 1. The van der Waals surface area contributed by atoms with E-state index in [1.165, 1.54) is 18.2 Å². The van der Waals surface area contributed by atoms with Crippen molar-refractivity contribution in [1.82, 2.24) is 0 Å². The first-order valence-electron chi connectivity index (χ1n) is 5.90. The van der Waals surface area contributed by atoms with Crippen LogP contribution in [-0.2, 0) is 16.6 Å². The van der Waals surface area contributed by atoms with Crippen molar-refractivity contribution in [2.45, 2.75) is 13.5 Å². The fourth-order valence-corrected chi connectivity index (χ4v) is 2.24. The number of hydrogen-bond acceptors (Lipinski definition) is 4. The quantitative estimate of drug-likeness (QED) is 0.890. The highest BCUT2D eigenvalue weighted by Crippen LogP contribution is 2.21. The lowest BCUT2D eigenvalue weighted by atomic mass is 10.2. The largest absolute Gasteiger partial charge is 0.465 e. The Morgan fingerprint density at radius 3 is 2.60 bits per heavy atom. The summed E-state index contributed by atoms with van der Waals surface area (Å²) in [5.74, 6) is 0.916. The number of anilines is 2. The molecule has 1 aromatic carbocycles. The highest BCUT2D eigenvalue weighted by Gasteiger charge is 2.08. The summed E-state index contributed by atoms with van der Waals surface area (Å²) in [7, 11) is -3.52. The lowest BCUT2D eigenvalue weighted by Crippen LogP contribution is -2.11. The minimum atomic E-state index is -3.52. The van der Waals surface area contributed by atoms with Crippen LogP contribution in [0.4, 0.5) is 15.8 Å². The van der Waals surface area contributed by atoms with Gasteiger partial charge in [0, 0.05) is 5.69 Å². The Balaban J connectivity index is 2.11. The molecule has 0 aliphatic rings. The van der Waals surface area contributed by atoms with Crippen molar-refractivity contribution >= 4 is 21.4 Å². The number of benzene rings is 1. The molecule has 20 heavy (non-hydrogen) atoms. The molecule has 0 aliphatic carbocycles. The van der Waals surface area contributed by atoms with E-state index in [-0.39, 0.29) is 5.69 Å². The van der Waals surface area contributed by atoms with Crippen molar-refractivity contribution < 1.29 is 17.2 Å². The van der Waals surface area contributed by atoms with Crippen LogP contribution in [0.2, 0.25) is 0 Å². The minimum absolute atomic E-state index is 0.0897. The molecule has 0 aliphatic heterocycles. The summed E-state index contributed by atoms with van der Waals surface area (Å²) >= 11 is 0. The molecule has 1 aromatic heterocycles. The summed E-state index contributed by atoms with van der Waals surface area (Å²) in [5, 5.41) is 3.03. The molecule has 0 atom stereocenters. The SMILES string of the molecule is Cc1ccc(CNc2ccc(F)c(NS(C)(=O)=O)c2)o1. The molecule has 0 fully saturated rings. The zero-order valence-corrected chi connectivity index (χ0v) is 11.9. The van der Waals surface area contributed by atoms with E-state index in [9.17, 15) is 12.8 Å². The normalized spacial score (nSPS) is 11.3. The van der Waals surface area contributed by atoms with E-state index in [1.807, 2.05) is 19.1 Å². The van der Waals surface area contributed by atoms with E-state index >= 15 is 0 Å². The van der Waals surface area contributed by atoms with E-state index in [4.69, 9.17) is 4.42 Å². The molecule has 0 radical (unpaired) electrons. The predicted octanol–water partition coefficient (Wildman–Crippen LogP) is 2.71. The highest BCUT2D eigenvalue weighted by atomic mass is 32.2. The standard InChI is InChI=1S/C13H15FN2O3S/c1-9-3-5-11(19-9)8-15-10-4-6-12(14)13(7-10)16-20(2,17)18/h3-7,15-16H,8H2,1-2H3. The van der Waals surface area contributed by atoms with Gasteiger partial charge in [-0.15, -0.1) is 0 Å². The Hall–Kier alpha value is -2.02. The van der Waals surface area contributed by atoms with Gasteiger partial charge in [0.2, 0.25) is 10.0 Å². The minimum Gasteiger partial charge on any atom is -0.465 e. The van der Waals surface area contributed by atoms with Crippen LogP contribution in [0.25, 0.3) is 0 Å². The summed E-state index contributed by atoms with van der Waals surface area (Å²) in [5.41, 5.74) is 0.500. The van der Waals surface area contributed by atoms with E-state index in [1.54, 1.807) is 0 Å². The van der Waals surface area contributed by atoms with Crippen molar-refractivity contribution in [1.29, 1.82) is 0 Å². The van der Waals surface area contributed by atoms with Crippen molar-refractivity contribution in [3.63, 3.8) is 0 Å². The third-order valence-electron chi connectivity index (χ3n) is 2.52. The van der Waals surface area contributed by atoms with Crippen LogP contribution in [0.5, 0.6) is 0 Å². The Morgan fingerprint density at radius 1 is 1.25 bits per heavy atom. The van der Waals surface area contributed by atoms with Crippen LogP contribution in [0, 0.1) is 12.7 Å². The topological polar surface area (TPSA) is 71.3 Å². The van der Waals surface area contributed by atoms with Gasteiger partial charge in [-0.25, -0.2) is 12.8 Å². The second-order valence-corrected chi connectivity index (χ2v) is 6.18. The molecule has 2 N–H and O–H groups in total. The van der Waals surface area contributed by atoms with Crippen LogP contribution < -0.4 is 10.0 Å². The Kier molecular flexibility index (Phi) is 3.99. The summed E-state index contributed by atoms with van der Waals surface area (Å²) in [6.45, 7) is 2.27. The number of furan rings is 1. The maximum absolute atomic E-state index is 13.5. The number of nitrogens with one attached hydrogen (secondary N) is 2. The zero-order valence-electron chi connectivity index (χ0n) is 11.1. The van der Waals surface area contributed by atoms with E-state index in [0.717, 1.165) is 17.8 Å². The molecule has 2 rings (SSSR count). The fourth-order valence-electron chi connectivity index (χ4n) is 1.68. The van der Waals surface area contributed by atoms with E-state index in [0.29, 0.717) is 12.2 Å². The van der Waals surface area contributed by atoms with Gasteiger partial charge in [0.15, 0.2) is 0 Å². The van der Waals surface area contributed by atoms with Gasteiger partial charge in [-0.3, -0.25) is 4.72 Å². The molecule has 5 nitrogen and oxygen atoms in total. The van der Waals surface area contributed by atoms with Gasteiger partial charge >= 0.3 is 0 Å². The zero-order chi connectivity index (χ0) is 14.8. The first-order chi connectivity index (χ1) is 9.33. The van der Waals surface area contributed by atoms with Gasteiger partial charge in [-0.1, -0.05) is 0 Å². The van der Waals surface area contributed by atoms with E-state index < -0.39 is 15.8 Å². The lowest BCUT2D eigenvalue weighted by Gasteiger charge is -2.09. The molecule has 0 unspecified atom stereocenters. The molecule has 0 saturated carbocycles. The summed E-state index contributed by atoms with van der Waals surface area (Å²) < 4.78 is 43.3. The molecule has 0 saturated heterocycles. The van der Waals surface area contributed by atoms with Crippen molar-refractivity contribution in [3.05, 3.63) is 47.7 Å². The van der Waals surface area contributed by atoms with Crippen LogP contribution in [0.1, 0.15) is 11.5 Å². The number of aryl methyl sites for hydroxylation is 1. The van der Waals surface area contributed by atoms with Gasteiger partial charge < -0.3 is 9.73 Å². The van der Waals surface area contributed by atoms with Crippen molar-refractivity contribution in [3.8, 4) is 0 Å². The molecule has 108 valence electrons. The third-order valence-corrected chi connectivity index (χ3v) is 3.12. The van der Waals surface area contributed by atoms with Crippen LogP contribution in [0.15, 0.2) is 34.7 Å². The van der Waals surface area contributed by atoms with Crippen LogP contribution in [0.3, 0.4) is 0 Å². The van der Waals surface area contributed by atoms with Gasteiger partial charge in [-0.05, 0) is 37.3 Å². The smallest absolute Gasteiger partial charge is 0.229 e. The number of rotatable bonds is 5.